The Bertz CT molecular complexity index is 497. The third kappa shape index (κ3) is 4.15. The maximum atomic E-state index is 11.6. The highest BCUT2D eigenvalue weighted by Gasteiger charge is 2.16. The van der Waals surface area contributed by atoms with E-state index in [1.54, 1.807) is 32.0 Å². The summed E-state index contributed by atoms with van der Waals surface area (Å²) in [5.41, 5.74) is 0.546. The van der Waals surface area contributed by atoms with Gasteiger partial charge in [0.1, 0.15) is 12.4 Å². The second-order valence-corrected chi connectivity index (χ2v) is 7.29. The van der Waals surface area contributed by atoms with Gasteiger partial charge in [-0.15, -0.1) is 0 Å². The van der Waals surface area contributed by atoms with Gasteiger partial charge >= 0.3 is 0 Å². The molecule has 4 nitrogen and oxygen atoms in total. The summed E-state index contributed by atoms with van der Waals surface area (Å²) in [4.78, 5) is 0. The number of aliphatic hydroxyl groups excluding tert-OH is 1. The van der Waals surface area contributed by atoms with Crippen LogP contribution in [0.25, 0.3) is 0 Å². The third-order valence-corrected chi connectivity index (χ3v) is 4.94. The summed E-state index contributed by atoms with van der Waals surface area (Å²) >= 11 is 5.78. The highest BCUT2D eigenvalue weighted by Crippen LogP contribution is 2.22. The number of ether oxygens (including phenoxy) is 1. The number of benzene rings is 1. The Kier molecular flexibility index (Phi) is 5.44. The number of hydrogen-bond donors (Lipinski definition) is 1. The monoisotopic (exact) mass is 292 g/mol. The molecule has 0 amide bonds. The predicted molar refractivity (Wildman–Crippen MR) is 71.8 cm³/mol. The van der Waals surface area contributed by atoms with Gasteiger partial charge in [-0.1, -0.05) is 11.6 Å². The van der Waals surface area contributed by atoms with E-state index in [1.807, 2.05) is 0 Å². The molecule has 0 saturated carbocycles. The molecule has 1 N–H and O–H groups in total. The van der Waals surface area contributed by atoms with Crippen molar-refractivity contribution < 1.29 is 18.3 Å². The van der Waals surface area contributed by atoms with E-state index >= 15 is 0 Å². The maximum Gasteiger partial charge on any atom is 0.155 e. The van der Waals surface area contributed by atoms with Crippen LogP contribution in [0.5, 0.6) is 5.75 Å². The van der Waals surface area contributed by atoms with Crippen molar-refractivity contribution in [3.63, 3.8) is 0 Å². The smallest absolute Gasteiger partial charge is 0.155 e. The Balaban J connectivity index is 2.65. The summed E-state index contributed by atoms with van der Waals surface area (Å²) in [6.45, 7) is 3.13. The van der Waals surface area contributed by atoms with Crippen LogP contribution in [0.3, 0.4) is 0 Å². The third-order valence-electron chi connectivity index (χ3n) is 2.54. The van der Waals surface area contributed by atoms with Crippen LogP contribution in [0, 0.1) is 0 Å². The van der Waals surface area contributed by atoms with Gasteiger partial charge in [-0.25, -0.2) is 8.42 Å². The van der Waals surface area contributed by atoms with Crippen molar-refractivity contribution >= 4 is 21.4 Å². The highest BCUT2D eigenvalue weighted by atomic mass is 35.5. The molecular weight excluding hydrogens is 276 g/mol. The lowest BCUT2D eigenvalue weighted by molar-refractivity contribution is 0.267. The largest absolute Gasteiger partial charge is 0.492 e. The van der Waals surface area contributed by atoms with Gasteiger partial charge in [-0.2, -0.15) is 0 Å². The van der Waals surface area contributed by atoms with Crippen LogP contribution in [-0.4, -0.2) is 31.1 Å². The van der Waals surface area contributed by atoms with Gasteiger partial charge in [0, 0.05) is 10.6 Å². The second-order valence-electron chi connectivity index (χ2n) is 4.17. The van der Waals surface area contributed by atoms with Crippen LogP contribution >= 0.6 is 11.6 Å². The van der Waals surface area contributed by atoms with E-state index in [0.29, 0.717) is 16.3 Å². The summed E-state index contributed by atoms with van der Waals surface area (Å²) in [6, 6.07) is 4.84. The van der Waals surface area contributed by atoms with Crippen molar-refractivity contribution in [3.05, 3.63) is 28.8 Å². The maximum absolute atomic E-state index is 11.6. The van der Waals surface area contributed by atoms with Crippen LogP contribution in [0.1, 0.15) is 19.4 Å². The number of hydrogen-bond acceptors (Lipinski definition) is 4. The first-order valence-corrected chi connectivity index (χ1v) is 7.70. The number of halogens is 1. The van der Waals surface area contributed by atoms with Gasteiger partial charge in [-0.05, 0) is 32.0 Å². The standard InChI is InChI=1S/C12H17ClO4S/c1-9(2)18(15,16)6-5-17-12-4-3-11(13)7-10(12)8-14/h3-4,7,9,14H,5-6,8H2,1-2H3. The van der Waals surface area contributed by atoms with E-state index in [0.717, 1.165) is 0 Å². The molecule has 6 heteroatoms. The van der Waals surface area contributed by atoms with Gasteiger partial charge < -0.3 is 9.84 Å². The molecule has 0 aromatic heterocycles. The average molecular weight is 293 g/mol. The molecule has 18 heavy (non-hydrogen) atoms. The Hall–Kier alpha value is -0.780. The second kappa shape index (κ2) is 6.41. The predicted octanol–water partition coefficient (Wildman–Crippen LogP) is 2.03. The van der Waals surface area contributed by atoms with E-state index in [4.69, 9.17) is 21.4 Å². The number of aliphatic hydroxyl groups is 1. The lowest BCUT2D eigenvalue weighted by atomic mass is 10.2. The van der Waals surface area contributed by atoms with Gasteiger partial charge in [0.25, 0.3) is 0 Å². The quantitative estimate of drug-likeness (QED) is 0.871. The van der Waals surface area contributed by atoms with Gasteiger partial charge in [0.2, 0.25) is 0 Å². The molecule has 102 valence electrons. The zero-order valence-corrected chi connectivity index (χ0v) is 12.0. The van der Waals surface area contributed by atoms with Crippen molar-refractivity contribution in [1.82, 2.24) is 0 Å². The molecule has 0 heterocycles. The average Bonchev–Trinajstić information content (AvgIpc) is 2.30. The van der Waals surface area contributed by atoms with Crippen LogP contribution < -0.4 is 4.74 Å². The highest BCUT2D eigenvalue weighted by molar-refractivity contribution is 7.91. The molecule has 0 aliphatic heterocycles. The van der Waals surface area contributed by atoms with E-state index < -0.39 is 15.1 Å². The van der Waals surface area contributed by atoms with Crippen LogP contribution in [0.2, 0.25) is 5.02 Å². The number of sulfone groups is 1. The minimum atomic E-state index is -3.11. The molecule has 0 saturated heterocycles. The van der Waals surface area contributed by atoms with E-state index in [2.05, 4.69) is 0 Å². The minimum absolute atomic E-state index is 0.0435. The Morgan fingerprint density at radius 3 is 2.61 bits per heavy atom. The van der Waals surface area contributed by atoms with Crippen molar-refractivity contribution in [2.75, 3.05) is 12.4 Å². The molecule has 0 radical (unpaired) electrons. The Morgan fingerprint density at radius 2 is 2.06 bits per heavy atom. The zero-order chi connectivity index (χ0) is 13.8. The molecule has 0 fully saturated rings. The summed E-state index contributed by atoms with van der Waals surface area (Å²) in [6.07, 6.45) is 0. The molecule has 0 aliphatic carbocycles. The Morgan fingerprint density at radius 1 is 1.39 bits per heavy atom. The van der Waals surface area contributed by atoms with Gasteiger partial charge in [-0.3, -0.25) is 0 Å². The molecule has 0 spiro atoms. The van der Waals surface area contributed by atoms with E-state index in [9.17, 15) is 8.42 Å². The summed E-state index contributed by atoms with van der Waals surface area (Å²) < 4.78 is 28.5. The lowest BCUT2D eigenvalue weighted by Crippen LogP contribution is -2.22. The first kappa shape index (κ1) is 15.3. The molecule has 1 rings (SSSR count). The summed E-state index contributed by atoms with van der Waals surface area (Å²) in [7, 11) is -3.11. The van der Waals surface area contributed by atoms with Crippen LogP contribution in [-0.2, 0) is 16.4 Å². The molecule has 1 aromatic rings. The van der Waals surface area contributed by atoms with Crippen molar-refractivity contribution in [3.8, 4) is 5.75 Å². The Labute approximate surface area is 112 Å². The van der Waals surface area contributed by atoms with E-state index in [-0.39, 0.29) is 19.0 Å². The summed E-state index contributed by atoms with van der Waals surface area (Å²) in [5, 5.41) is 9.22. The molecule has 0 bridgehead atoms. The minimum Gasteiger partial charge on any atom is -0.492 e. The fourth-order valence-corrected chi connectivity index (χ4v) is 2.30. The first-order chi connectivity index (χ1) is 8.36. The first-order valence-electron chi connectivity index (χ1n) is 5.60. The molecule has 0 unspecified atom stereocenters. The van der Waals surface area contributed by atoms with Crippen LogP contribution in [0.15, 0.2) is 18.2 Å². The van der Waals surface area contributed by atoms with Crippen molar-refractivity contribution in [1.29, 1.82) is 0 Å². The van der Waals surface area contributed by atoms with Gasteiger partial charge in [0.05, 0.1) is 17.6 Å². The topological polar surface area (TPSA) is 63.6 Å². The van der Waals surface area contributed by atoms with Crippen molar-refractivity contribution in [2.24, 2.45) is 0 Å². The molecular formula is C12H17ClO4S. The molecule has 0 aliphatic rings. The molecule has 1 aromatic carbocycles. The van der Waals surface area contributed by atoms with E-state index in [1.165, 1.54) is 0 Å². The molecule has 0 atom stereocenters. The fraction of sp³-hybridized carbons (Fsp3) is 0.500. The number of rotatable bonds is 6. The SMILES string of the molecule is CC(C)S(=O)(=O)CCOc1ccc(Cl)cc1CO. The zero-order valence-electron chi connectivity index (χ0n) is 10.4. The van der Waals surface area contributed by atoms with Crippen molar-refractivity contribution in [2.45, 2.75) is 25.7 Å². The fourth-order valence-electron chi connectivity index (χ4n) is 1.32. The van der Waals surface area contributed by atoms with Crippen LogP contribution in [0.4, 0.5) is 0 Å². The van der Waals surface area contributed by atoms with Gasteiger partial charge in [0.15, 0.2) is 9.84 Å². The summed E-state index contributed by atoms with van der Waals surface area (Å²) in [5.74, 6) is 0.416. The lowest BCUT2D eigenvalue weighted by Gasteiger charge is -2.12. The normalized spacial score (nSPS) is 11.8.